The number of ether oxygens (including phenoxy) is 1. The maximum Gasteiger partial charge on any atom is 0.410 e. The third-order valence-corrected chi connectivity index (χ3v) is 7.71. The Balaban J connectivity index is 1.20. The third-order valence-electron chi connectivity index (χ3n) is 7.71. The second-order valence-corrected chi connectivity index (χ2v) is 9.52. The molecule has 0 N–H and O–H groups in total. The van der Waals surface area contributed by atoms with Gasteiger partial charge in [-0.2, -0.15) is 0 Å². The number of fused-ring (bicyclic) bond motifs is 3. The standard InChI is InChI=1S/C24H33N3O3/c1-3-30-24(29)26-18-8-9-19(26)13-17(12-18)14-25-11-10-20(15-25)27-22-7-5-4-6-21(22)16(2)23(27)28/h4-7,16-20H,3,8-15H2,1-2H3/t16?,18-,19-,20-/m0/s1. The van der Waals surface area contributed by atoms with Gasteiger partial charge in [-0.25, -0.2) is 4.79 Å². The molecule has 1 aromatic carbocycles. The maximum atomic E-state index is 13.0. The lowest BCUT2D eigenvalue weighted by Crippen LogP contribution is -2.48. The largest absolute Gasteiger partial charge is 0.450 e. The molecule has 0 saturated carbocycles. The van der Waals surface area contributed by atoms with Gasteiger partial charge >= 0.3 is 6.09 Å². The number of nitrogens with zero attached hydrogens (tertiary/aromatic N) is 3. The molecule has 4 heterocycles. The van der Waals surface area contributed by atoms with E-state index in [4.69, 9.17) is 4.74 Å². The Morgan fingerprint density at radius 2 is 1.83 bits per heavy atom. The van der Waals surface area contributed by atoms with Gasteiger partial charge in [0.15, 0.2) is 0 Å². The first-order chi connectivity index (χ1) is 14.6. The van der Waals surface area contributed by atoms with Crippen molar-refractivity contribution in [3.8, 4) is 0 Å². The third kappa shape index (κ3) is 3.29. The summed E-state index contributed by atoms with van der Waals surface area (Å²) in [5.74, 6) is 0.856. The van der Waals surface area contributed by atoms with E-state index >= 15 is 0 Å². The quantitative estimate of drug-likeness (QED) is 0.760. The van der Waals surface area contributed by atoms with Gasteiger partial charge in [0.25, 0.3) is 0 Å². The van der Waals surface area contributed by atoms with Gasteiger partial charge in [-0.1, -0.05) is 18.2 Å². The Bertz CT molecular complexity index is 814. The van der Waals surface area contributed by atoms with Crippen LogP contribution in [0.1, 0.15) is 57.4 Å². The lowest BCUT2D eigenvalue weighted by Gasteiger charge is -2.39. The first-order valence-electron chi connectivity index (χ1n) is 11.7. The summed E-state index contributed by atoms with van der Waals surface area (Å²) in [4.78, 5) is 31.9. The molecular formula is C24H33N3O3. The first-order valence-corrected chi connectivity index (χ1v) is 11.7. The topological polar surface area (TPSA) is 53.1 Å². The van der Waals surface area contributed by atoms with Crippen molar-refractivity contribution in [2.24, 2.45) is 5.92 Å². The monoisotopic (exact) mass is 411 g/mol. The molecule has 5 rings (SSSR count). The number of carbonyl (C=O) groups is 2. The Morgan fingerprint density at radius 3 is 2.57 bits per heavy atom. The highest BCUT2D eigenvalue weighted by Crippen LogP contribution is 2.41. The molecule has 30 heavy (non-hydrogen) atoms. The number of likely N-dealkylation sites (tertiary alicyclic amines) is 1. The Morgan fingerprint density at radius 1 is 1.10 bits per heavy atom. The van der Waals surface area contributed by atoms with E-state index in [1.165, 1.54) is 5.56 Å². The Labute approximate surface area is 179 Å². The number of rotatable bonds is 4. The first kappa shape index (κ1) is 19.9. The van der Waals surface area contributed by atoms with E-state index in [9.17, 15) is 9.59 Å². The number of hydrogen-bond donors (Lipinski definition) is 0. The van der Waals surface area contributed by atoms with Crippen molar-refractivity contribution in [2.45, 2.75) is 70.0 Å². The number of piperidine rings is 1. The summed E-state index contributed by atoms with van der Waals surface area (Å²) in [7, 11) is 0. The molecule has 162 valence electrons. The van der Waals surface area contributed by atoms with Crippen LogP contribution in [0.4, 0.5) is 10.5 Å². The molecule has 3 fully saturated rings. The molecular weight excluding hydrogens is 378 g/mol. The minimum Gasteiger partial charge on any atom is -0.450 e. The van der Waals surface area contributed by atoms with Gasteiger partial charge in [-0.3, -0.25) is 4.79 Å². The summed E-state index contributed by atoms with van der Waals surface area (Å²) in [5, 5.41) is 0. The van der Waals surface area contributed by atoms with Crippen molar-refractivity contribution in [3.05, 3.63) is 29.8 Å². The summed E-state index contributed by atoms with van der Waals surface area (Å²) in [6, 6.07) is 9.24. The minimum atomic E-state index is -0.120. The van der Waals surface area contributed by atoms with E-state index in [-0.39, 0.29) is 24.0 Å². The number of benzene rings is 1. The van der Waals surface area contributed by atoms with Crippen LogP contribution in [-0.4, -0.2) is 66.2 Å². The predicted molar refractivity (Wildman–Crippen MR) is 116 cm³/mol. The van der Waals surface area contributed by atoms with Crippen molar-refractivity contribution in [3.63, 3.8) is 0 Å². The number of amides is 2. The number of hydrogen-bond acceptors (Lipinski definition) is 4. The molecule has 4 aliphatic heterocycles. The zero-order valence-electron chi connectivity index (χ0n) is 18.1. The normalized spacial score (nSPS) is 33.3. The lowest BCUT2D eigenvalue weighted by molar-refractivity contribution is -0.119. The van der Waals surface area contributed by atoms with Crippen LogP contribution in [0.2, 0.25) is 0 Å². The molecule has 2 amide bonds. The predicted octanol–water partition coefficient (Wildman–Crippen LogP) is 3.61. The highest BCUT2D eigenvalue weighted by molar-refractivity contribution is 6.05. The summed E-state index contributed by atoms with van der Waals surface area (Å²) in [5.41, 5.74) is 2.28. The number of anilines is 1. The van der Waals surface area contributed by atoms with Gasteiger partial charge in [0, 0.05) is 37.4 Å². The zero-order chi connectivity index (χ0) is 20.8. The van der Waals surface area contributed by atoms with Crippen molar-refractivity contribution < 1.29 is 14.3 Å². The second-order valence-electron chi connectivity index (χ2n) is 9.52. The highest BCUT2D eigenvalue weighted by atomic mass is 16.6. The molecule has 2 bridgehead atoms. The molecule has 3 saturated heterocycles. The van der Waals surface area contributed by atoms with Crippen LogP contribution in [0.3, 0.4) is 0 Å². The smallest absolute Gasteiger partial charge is 0.410 e. The SMILES string of the molecule is CCOC(=O)N1[C@H]2CC[C@H]1CC(CN1CC[C@H](N3C(=O)C(C)c4ccccc43)C1)C2. The van der Waals surface area contributed by atoms with Crippen LogP contribution < -0.4 is 4.90 Å². The molecule has 6 heteroatoms. The van der Waals surface area contributed by atoms with Crippen LogP contribution in [0.15, 0.2) is 24.3 Å². The van der Waals surface area contributed by atoms with E-state index in [0.717, 1.165) is 57.4 Å². The van der Waals surface area contributed by atoms with E-state index < -0.39 is 0 Å². The average molecular weight is 412 g/mol. The van der Waals surface area contributed by atoms with E-state index in [1.54, 1.807) is 0 Å². The van der Waals surface area contributed by atoms with Crippen molar-refractivity contribution in [1.82, 2.24) is 9.80 Å². The van der Waals surface area contributed by atoms with Gasteiger partial charge in [-0.05, 0) is 63.5 Å². The highest BCUT2D eigenvalue weighted by Gasteiger charge is 2.45. The molecule has 4 aliphatic rings. The van der Waals surface area contributed by atoms with Gasteiger partial charge < -0.3 is 19.4 Å². The number of carbonyl (C=O) groups excluding carboxylic acids is 2. The lowest BCUT2D eigenvalue weighted by atomic mass is 9.90. The van der Waals surface area contributed by atoms with Gasteiger partial charge in [0.1, 0.15) is 0 Å². The van der Waals surface area contributed by atoms with E-state index in [0.29, 0.717) is 24.6 Å². The summed E-state index contributed by atoms with van der Waals surface area (Å²) in [6.07, 6.45) is 5.31. The van der Waals surface area contributed by atoms with Crippen LogP contribution in [0.5, 0.6) is 0 Å². The zero-order valence-corrected chi connectivity index (χ0v) is 18.1. The van der Waals surface area contributed by atoms with Crippen LogP contribution in [0.25, 0.3) is 0 Å². The number of para-hydroxylation sites is 1. The molecule has 1 unspecified atom stereocenters. The minimum absolute atomic E-state index is 0.0296. The fraction of sp³-hybridized carbons (Fsp3) is 0.667. The average Bonchev–Trinajstić information content (AvgIpc) is 3.37. The molecule has 0 spiro atoms. The van der Waals surface area contributed by atoms with Crippen LogP contribution >= 0.6 is 0 Å². The molecule has 6 nitrogen and oxygen atoms in total. The molecule has 0 aromatic heterocycles. The summed E-state index contributed by atoms with van der Waals surface area (Å²) in [6.45, 7) is 7.45. The summed E-state index contributed by atoms with van der Waals surface area (Å²) < 4.78 is 5.29. The van der Waals surface area contributed by atoms with Gasteiger partial charge in [0.05, 0.1) is 18.6 Å². The van der Waals surface area contributed by atoms with Gasteiger partial charge in [0.2, 0.25) is 5.91 Å². The van der Waals surface area contributed by atoms with Crippen LogP contribution in [-0.2, 0) is 9.53 Å². The maximum absolute atomic E-state index is 13.0. The molecule has 0 aliphatic carbocycles. The van der Waals surface area contributed by atoms with Crippen LogP contribution in [0, 0.1) is 5.92 Å². The molecule has 1 aromatic rings. The van der Waals surface area contributed by atoms with Crippen molar-refractivity contribution in [2.75, 3.05) is 31.1 Å². The van der Waals surface area contributed by atoms with Crippen molar-refractivity contribution in [1.29, 1.82) is 0 Å². The fourth-order valence-electron chi connectivity index (χ4n) is 6.40. The molecule has 0 radical (unpaired) electrons. The van der Waals surface area contributed by atoms with E-state index in [1.807, 2.05) is 30.9 Å². The van der Waals surface area contributed by atoms with Crippen molar-refractivity contribution >= 4 is 17.7 Å². The molecule has 4 atom stereocenters. The summed E-state index contributed by atoms with van der Waals surface area (Å²) >= 11 is 0. The van der Waals surface area contributed by atoms with Gasteiger partial charge in [-0.15, -0.1) is 0 Å². The Kier molecular flexibility index (Phi) is 5.21. The van der Waals surface area contributed by atoms with E-state index in [2.05, 4.69) is 21.9 Å². The fourth-order valence-corrected chi connectivity index (χ4v) is 6.40. The Hall–Kier alpha value is -2.08. The second kappa shape index (κ2) is 7.88.